The lowest BCUT2D eigenvalue weighted by atomic mass is 10.2. The summed E-state index contributed by atoms with van der Waals surface area (Å²) in [6.45, 7) is 9.61. The van der Waals surface area contributed by atoms with Crippen LogP contribution < -0.4 is 5.32 Å². The van der Waals surface area contributed by atoms with Gasteiger partial charge in [-0.25, -0.2) is 4.98 Å². The summed E-state index contributed by atoms with van der Waals surface area (Å²) < 4.78 is 5.78. The molecular formula is C18H25N3O2. The van der Waals surface area contributed by atoms with Crippen molar-refractivity contribution in [3.8, 4) is 11.5 Å². The number of nitrogens with one attached hydrogen (secondary N) is 1. The monoisotopic (exact) mass is 315 g/mol. The quantitative estimate of drug-likeness (QED) is 0.853. The Balaban J connectivity index is 2.06. The van der Waals surface area contributed by atoms with E-state index in [-0.39, 0.29) is 11.9 Å². The third kappa shape index (κ3) is 4.93. The number of hydrogen-bond acceptors (Lipinski definition) is 4. The molecule has 1 heterocycles. The SMILES string of the molecule is CCN(CC(=O)NC(C)C)Cc1nc(-c2ccccc2)oc1C. The molecule has 124 valence electrons. The molecule has 0 aliphatic carbocycles. The summed E-state index contributed by atoms with van der Waals surface area (Å²) in [5.41, 5.74) is 1.84. The van der Waals surface area contributed by atoms with Crippen LogP contribution in [-0.2, 0) is 11.3 Å². The highest BCUT2D eigenvalue weighted by Crippen LogP contribution is 2.22. The summed E-state index contributed by atoms with van der Waals surface area (Å²) >= 11 is 0. The molecular weight excluding hydrogens is 290 g/mol. The maximum Gasteiger partial charge on any atom is 0.234 e. The zero-order valence-corrected chi connectivity index (χ0v) is 14.3. The van der Waals surface area contributed by atoms with Crippen molar-refractivity contribution in [1.29, 1.82) is 0 Å². The number of amides is 1. The van der Waals surface area contributed by atoms with Crippen molar-refractivity contribution in [3.63, 3.8) is 0 Å². The van der Waals surface area contributed by atoms with E-state index in [4.69, 9.17) is 4.42 Å². The van der Waals surface area contributed by atoms with Crippen molar-refractivity contribution in [2.75, 3.05) is 13.1 Å². The van der Waals surface area contributed by atoms with Gasteiger partial charge in [0.25, 0.3) is 0 Å². The van der Waals surface area contributed by atoms with Crippen LogP contribution in [0.4, 0.5) is 0 Å². The average molecular weight is 315 g/mol. The first-order chi connectivity index (χ1) is 11.0. The molecule has 0 fully saturated rings. The molecule has 2 aromatic rings. The van der Waals surface area contributed by atoms with Crippen LogP contribution in [0.3, 0.4) is 0 Å². The van der Waals surface area contributed by atoms with E-state index in [2.05, 4.69) is 15.2 Å². The minimum absolute atomic E-state index is 0.0336. The van der Waals surface area contributed by atoms with Crippen molar-refractivity contribution >= 4 is 5.91 Å². The van der Waals surface area contributed by atoms with Gasteiger partial charge in [-0.3, -0.25) is 9.69 Å². The van der Waals surface area contributed by atoms with Crippen LogP contribution in [0.1, 0.15) is 32.2 Å². The Kier molecular flexibility index (Phi) is 5.93. The van der Waals surface area contributed by atoms with Crippen LogP contribution in [0.5, 0.6) is 0 Å². The van der Waals surface area contributed by atoms with E-state index in [1.807, 2.05) is 58.0 Å². The Bertz CT molecular complexity index is 635. The highest BCUT2D eigenvalue weighted by molar-refractivity contribution is 5.78. The Morgan fingerprint density at radius 2 is 2.00 bits per heavy atom. The third-order valence-electron chi connectivity index (χ3n) is 3.55. The molecule has 1 aromatic heterocycles. The van der Waals surface area contributed by atoms with Crippen molar-refractivity contribution < 1.29 is 9.21 Å². The number of aromatic nitrogens is 1. The zero-order valence-electron chi connectivity index (χ0n) is 14.3. The maximum atomic E-state index is 11.9. The highest BCUT2D eigenvalue weighted by Gasteiger charge is 2.16. The van der Waals surface area contributed by atoms with Gasteiger partial charge in [-0.2, -0.15) is 0 Å². The molecule has 5 nitrogen and oxygen atoms in total. The molecule has 0 atom stereocenters. The molecule has 0 saturated heterocycles. The lowest BCUT2D eigenvalue weighted by Crippen LogP contribution is -2.39. The fraction of sp³-hybridized carbons (Fsp3) is 0.444. The van der Waals surface area contributed by atoms with E-state index in [0.29, 0.717) is 19.0 Å². The number of aryl methyl sites for hydroxylation is 1. The van der Waals surface area contributed by atoms with Crippen molar-refractivity contribution in [3.05, 3.63) is 41.8 Å². The number of oxazole rings is 1. The summed E-state index contributed by atoms with van der Waals surface area (Å²) in [6, 6.07) is 9.99. The molecule has 1 aromatic carbocycles. The lowest BCUT2D eigenvalue weighted by Gasteiger charge is -2.19. The van der Waals surface area contributed by atoms with Gasteiger partial charge >= 0.3 is 0 Å². The Morgan fingerprint density at radius 1 is 1.30 bits per heavy atom. The molecule has 1 N–H and O–H groups in total. The minimum atomic E-state index is 0.0336. The van der Waals surface area contributed by atoms with Gasteiger partial charge in [0, 0.05) is 18.2 Å². The topological polar surface area (TPSA) is 58.4 Å². The molecule has 0 bridgehead atoms. The number of benzene rings is 1. The lowest BCUT2D eigenvalue weighted by molar-refractivity contribution is -0.122. The normalized spacial score (nSPS) is 11.2. The summed E-state index contributed by atoms with van der Waals surface area (Å²) in [4.78, 5) is 18.6. The van der Waals surface area contributed by atoms with E-state index in [1.165, 1.54) is 0 Å². The van der Waals surface area contributed by atoms with Crippen LogP contribution >= 0.6 is 0 Å². The van der Waals surface area contributed by atoms with Crippen LogP contribution in [0.25, 0.3) is 11.5 Å². The van der Waals surface area contributed by atoms with Crippen molar-refractivity contribution in [1.82, 2.24) is 15.2 Å². The van der Waals surface area contributed by atoms with Gasteiger partial charge in [0.05, 0.1) is 12.2 Å². The highest BCUT2D eigenvalue weighted by atomic mass is 16.4. The molecule has 0 aliphatic heterocycles. The van der Waals surface area contributed by atoms with E-state index >= 15 is 0 Å². The summed E-state index contributed by atoms with van der Waals surface area (Å²) in [6.07, 6.45) is 0. The van der Waals surface area contributed by atoms with E-state index in [9.17, 15) is 4.79 Å². The predicted molar refractivity (Wildman–Crippen MR) is 90.9 cm³/mol. The first-order valence-corrected chi connectivity index (χ1v) is 8.03. The third-order valence-corrected chi connectivity index (χ3v) is 3.55. The number of likely N-dealkylation sites (N-methyl/N-ethyl adjacent to an activating group) is 1. The van der Waals surface area contributed by atoms with Crippen molar-refractivity contribution in [2.24, 2.45) is 0 Å². The molecule has 2 rings (SSSR count). The van der Waals surface area contributed by atoms with Gasteiger partial charge in [-0.15, -0.1) is 0 Å². The first kappa shape index (κ1) is 17.2. The Morgan fingerprint density at radius 3 is 2.61 bits per heavy atom. The molecule has 23 heavy (non-hydrogen) atoms. The standard InChI is InChI=1S/C18H25N3O2/c1-5-21(12-17(22)19-13(2)3)11-16-14(4)23-18(20-16)15-9-7-6-8-10-15/h6-10,13H,5,11-12H2,1-4H3,(H,19,22). The van der Waals surface area contributed by atoms with Crippen LogP contribution in [0.2, 0.25) is 0 Å². The maximum absolute atomic E-state index is 11.9. The second kappa shape index (κ2) is 7.92. The number of rotatable bonds is 7. The number of hydrogen-bond donors (Lipinski definition) is 1. The molecule has 5 heteroatoms. The van der Waals surface area contributed by atoms with E-state index in [0.717, 1.165) is 23.6 Å². The second-order valence-electron chi connectivity index (χ2n) is 5.91. The summed E-state index contributed by atoms with van der Waals surface area (Å²) in [5, 5.41) is 2.91. The average Bonchev–Trinajstić information content (AvgIpc) is 2.87. The molecule has 0 radical (unpaired) electrons. The summed E-state index contributed by atoms with van der Waals surface area (Å²) in [5.74, 6) is 1.46. The second-order valence-corrected chi connectivity index (χ2v) is 5.91. The van der Waals surface area contributed by atoms with Crippen molar-refractivity contribution in [2.45, 2.75) is 40.3 Å². The Hall–Kier alpha value is -2.14. The molecule has 0 unspecified atom stereocenters. The Labute approximate surface area is 137 Å². The fourth-order valence-corrected chi connectivity index (χ4v) is 2.34. The fourth-order valence-electron chi connectivity index (χ4n) is 2.34. The van der Waals surface area contributed by atoms with E-state index < -0.39 is 0 Å². The molecule has 0 aliphatic rings. The smallest absolute Gasteiger partial charge is 0.234 e. The largest absolute Gasteiger partial charge is 0.441 e. The van der Waals surface area contributed by atoms with Gasteiger partial charge in [0.2, 0.25) is 11.8 Å². The van der Waals surface area contributed by atoms with Crippen LogP contribution in [0.15, 0.2) is 34.7 Å². The number of nitrogens with zero attached hydrogens (tertiary/aromatic N) is 2. The number of carbonyl (C=O) groups excluding carboxylic acids is 1. The van der Waals surface area contributed by atoms with Crippen LogP contribution in [0, 0.1) is 6.92 Å². The van der Waals surface area contributed by atoms with Gasteiger partial charge in [-0.05, 0) is 39.4 Å². The summed E-state index contributed by atoms with van der Waals surface area (Å²) in [7, 11) is 0. The molecule has 0 saturated carbocycles. The van der Waals surface area contributed by atoms with E-state index in [1.54, 1.807) is 0 Å². The van der Waals surface area contributed by atoms with Gasteiger partial charge in [-0.1, -0.05) is 25.1 Å². The molecule has 1 amide bonds. The predicted octanol–water partition coefficient (Wildman–Crippen LogP) is 3.00. The number of carbonyl (C=O) groups is 1. The first-order valence-electron chi connectivity index (χ1n) is 8.03. The van der Waals surface area contributed by atoms with Gasteiger partial charge < -0.3 is 9.73 Å². The minimum Gasteiger partial charge on any atom is -0.441 e. The van der Waals surface area contributed by atoms with Gasteiger partial charge in [0.1, 0.15) is 5.76 Å². The molecule has 0 spiro atoms. The van der Waals surface area contributed by atoms with Gasteiger partial charge in [0.15, 0.2) is 0 Å². The zero-order chi connectivity index (χ0) is 16.8. The van der Waals surface area contributed by atoms with Crippen LogP contribution in [-0.4, -0.2) is 34.9 Å².